The van der Waals surface area contributed by atoms with Gasteiger partial charge in [-0.15, -0.1) is 11.3 Å². The molecule has 11 heavy (non-hydrogen) atoms. The first kappa shape index (κ1) is 7.25. The van der Waals surface area contributed by atoms with E-state index in [0.29, 0.717) is 6.42 Å². The number of halogens is 1. The molecule has 0 bridgehead atoms. The fraction of sp³-hybridized carbons (Fsp3) is 0.500. The quantitative estimate of drug-likeness (QED) is 0.685. The molecule has 60 valence electrons. The van der Waals surface area contributed by atoms with Crippen LogP contribution in [0, 0.1) is 0 Å². The van der Waals surface area contributed by atoms with Crippen molar-refractivity contribution in [3.05, 3.63) is 21.9 Å². The van der Waals surface area contributed by atoms with Crippen molar-refractivity contribution >= 4 is 11.3 Å². The first-order valence-electron chi connectivity index (χ1n) is 3.72. The molecule has 1 aliphatic carbocycles. The first-order valence-corrected chi connectivity index (χ1v) is 4.60. The summed E-state index contributed by atoms with van der Waals surface area (Å²) in [5, 5.41) is 1.94. The number of nitrogens with two attached hydrogens (primary N) is 1. The monoisotopic (exact) mass is 171 g/mol. The largest absolute Gasteiger partial charge is 0.327 e. The molecule has 0 spiro atoms. The van der Waals surface area contributed by atoms with Gasteiger partial charge >= 0.3 is 0 Å². The average molecular weight is 171 g/mol. The van der Waals surface area contributed by atoms with Crippen molar-refractivity contribution in [1.29, 1.82) is 0 Å². The maximum atomic E-state index is 13.7. The van der Waals surface area contributed by atoms with Crippen LogP contribution in [-0.2, 0) is 12.1 Å². The van der Waals surface area contributed by atoms with Crippen LogP contribution in [-0.4, -0.2) is 6.54 Å². The third kappa shape index (κ3) is 0.914. The highest BCUT2D eigenvalue weighted by Gasteiger charge is 2.38. The summed E-state index contributed by atoms with van der Waals surface area (Å²) in [5.41, 5.74) is 5.00. The first-order chi connectivity index (χ1) is 5.26. The number of hydrogen-bond acceptors (Lipinski definition) is 2. The zero-order valence-corrected chi connectivity index (χ0v) is 6.96. The van der Waals surface area contributed by atoms with E-state index in [1.165, 1.54) is 4.88 Å². The Morgan fingerprint density at radius 2 is 2.55 bits per heavy atom. The van der Waals surface area contributed by atoms with Crippen LogP contribution >= 0.6 is 11.3 Å². The summed E-state index contributed by atoms with van der Waals surface area (Å²) in [6.45, 7) is 0.122. The standard InChI is InChI=1S/C8H10FNS/c9-8(5-10)3-1-7-6(8)2-4-11-7/h2,4H,1,3,5,10H2. The fourth-order valence-electron chi connectivity index (χ4n) is 1.59. The molecular formula is C8H10FNS. The predicted molar refractivity (Wildman–Crippen MR) is 44.5 cm³/mol. The van der Waals surface area contributed by atoms with Gasteiger partial charge in [-0.05, 0) is 24.3 Å². The van der Waals surface area contributed by atoms with Crippen molar-refractivity contribution in [1.82, 2.24) is 0 Å². The van der Waals surface area contributed by atoms with E-state index in [9.17, 15) is 4.39 Å². The Morgan fingerprint density at radius 1 is 1.73 bits per heavy atom. The average Bonchev–Trinajstić information content (AvgIpc) is 2.55. The molecule has 0 aromatic carbocycles. The van der Waals surface area contributed by atoms with Crippen molar-refractivity contribution < 1.29 is 4.39 Å². The van der Waals surface area contributed by atoms with Crippen LogP contribution in [0.2, 0.25) is 0 Å². The Kier molecular flexibility index (Phi) is 1.51. The minimum atomic E-state index is -1.21. The third-order valence-electron chi connectivity index (χ3n) is 2.30. The van der Waals surface area contributed by atoms with E-state index < -0.39 is 5.67 Å². The van der Waals surface area contributed by atoms with E-state index in [0.717, 1.165) is 12.0 Å². The van der Waals surface area contributed by atoms with Gasteiger partial charge in [-0.1, -0.05) is 0 Å². The highest BCUT2D eigenvalue weighted by atomic mass is 32.1. The van der Waals surface area contributed by atoms with Crippen LogP contribution < -0.4 is 5.73 Å². The lowest BCUT2D eigenvalue weighted by Gasteiger charge is -2.16. The SMILES string of the molecule is NCC1(F)CCc2sccc21. The number of rotatable bonds is 1. The van der Waals surface area contributed by atoms with Crippen LogP contribution in [0.3, 0.4) is 0 Å². The number of aryl methyl sites for hydroxylation is 1. The molecule has 3 heteroatoms. The molecule has 1 aromatic heterocycles. The van der Waals surface area contributed by atoms with Crippen molar-refractivity contribution in [3.8, 4) is 0 Å². The molecule has 1 aliphatic rings. The second kappa shape index (κ2) is 2.29. The Hall–Kier alpha value is -0.410. The van der Waals surface area contributed by atoms with Gasteiger partial charge in [-0.25, -0.2) is 4.39 Å². The van der Waals surface area contributed by atoms with E-state index in [-0.39, 0.29) is 6.54 Å². The third-order valence-corrected chi connectivity index (χ3v) is 3.28. The van der Waals surface area contributed by atoms with Crippen molar-refractivity contribution in [2.75, 3.05) is 6.54 Å². The maximum Gasteiger partial charge on any atom is 0.149 e. The molecule has 1 nitrogen and oxygen atoms in total. The summed E-state index contributed by atoms with van der Waals surface area (Å²) in [6, 6.07) is 1.86. The summed E-state index contributed by atoms with van der Waals surface area (Å²) in [5.74, 6) is 0. The molecular weight excluding hydrogens is 161 g/mol. The summed E-state index contributed by atoms with van der Waals surface area (Å²) < 4.78 is 13.7. The Balaban J connectivity index is 2.45. The lowest BCUT2D eigenvalue weighted by Crippen LogP contribution is -2.27. The van der Waals surface area contributed by atoms with E-state index in [1.54, 1.807) is 11.3 Å². The highest BCUT2D eigenvalue weighted by Crippen LogP contribution is 2.41. The number of fused-ring (bicyclic) bond motifs is 1. The second-order valence-electron chi connectivity index (χ2n) is 2.93. The van der Waals surface area contributed by atoms with Crippen molar-refractivity contribution in [2.24, 2.45) is 5.73 Å². The fourth-order valence-corrected chi connectivity index (χ4v) is 2.56. The van der Waals surface area contributed by atoms with E-state index in [1.807, 2.05) is 11.4 Å². The Morgan fingerprint density at radius 3 is 3.27 bits per heavy atom. The molecule has 0 fully saturated rings. The molecule has 2 rings (SSSR count). The lowest BCUT2D eigenvalue weighted by molar-refractivity contribution is 0.177. The maximum absolute atomic E-state index is 13.7. The molecule has 1 aromatic rings. The van der Waals surface area contributed by atoms with Crippen LogP contribution in [0.15, 0.2) is 11.4 Å². The van der Waals surface area contributed by atoms with Crippen LogP contribution in [0.1, 0.15) is 16.9 Å². The van der Waals surface area contributed by atoms with Crippen LogP contribution in [0.4, 0.5) is 4.39 Å². The molecule has 0 aliphatic heterocycles. The Bertz CT molecular complexity index is 271. The van der Waals surface area contributed by atoms with Gasteiger partial charge in [-0.2, -0.15) is 0 Å². The minimum Gasteiger partial charge on any atom is -0.327 e. The van der Waals surface area contributed by atoms with E-state index in [2.05, 4.69) is 0 Å². The van der Waals surface area contributed by atoms with E-state index in [4.69, 9.17) is 5.73 Å². The van der Waals surface area contributed by atoms with Crippen molar-refractivity contribution in [3.63, 3.8) is 0 Å². The Labute approximate surface area is 69.0 Å². The molecule has 0 amide bonds. The predicted octanol–water partition coefficient (Wildman–Crippen LogP) is 1.82. The highest BCUT2D eigenvalue weighted by molar-refractivity contribution is 7.10. The number of alkyl halides is 1. The van der Waals surface area contributed by atoms with Crippen LogP contribution in [0.25, 0.3) is 0 Å². The van der Waals surface area contributed by atoms with Gasteiger partial charge in [0.15, 0.2) is 0 Å². The van der Waals surface area contributed by atoms with Gasteiger partial charge in [0.1, 0.15) is 5.67 Å². The zero-order valence-electron chi connectivity index (χ0n) is 6.14. The molecule has 0 saturated carbocycles. The normalized spacial score (nSPS) is 28.9. The summed E-state index contributed by atoms with van der Waals surface area (Å²) in [6.07, 6.45) is 1.44. The lowest BCUT2D eigenvalue weighted by atomic mass is 10.0. The topological polar surface area (TPSA) is 26.0 Å². The summed E-state index contributed by atoms with van der Waals surface area (Å²) in [7, 11) is 0. The van der Waals surface area contributed by atoms with Crippen LogP contribution in [0.5, 0.6) is 0 Å². The van der Waals surface area contributed by atoms with Gasteiger partial charge in [0, 0.05) is 17.0 Å². The molecule has 1 unspecified atom stereocenters. The summed E-state index contributed by atoms with van der Waals surface area (Å²) in [4.78, 5) is 1.18. The molecule has 0 saturated heterocycles. The molecule has 1 heterocycles. The second-order valence-corrected chi connectivity index (χ2v) is 3.93. The molecule has 0 radical (unpaired) electrons. The minimum absolute atomic E-state index is 0.122. The van der Waals surface area contributed by atoms with Gasteiger partial charge in [0.05, 0.1) is 0 Å². The molecule has 2 N–H and O–H groups in total. The van der Waals surface area contributed by atoms with E-state index >= 15 is 0 Å². The van der Waals surface area contributed by atoms with Gasteiger partial charge in [0.25, 0.3) is 0 Å². The van der Waals surface area contributed by atoms with Gasteiger partial charge < -0.3 is 5.73 Å². The smallest absolute Gasteiger partial charge is 0.149 e. The summed E-state index contributed by atoms with van der Waals surface area (Å²) >= 11 is 1.63. The zero-order chi connectivity index (χ0) is 7.90. The van der Waals surface area contributed by atoms with Crippen molar-refractivity contribution in [2.45, 2.75) is 18.5 Å². The number of hydrogen-bond donors (Lipinski definition) is 1. The van der Waals surface area contributed by atoms with Gasteiger partial charge in [0.2, 0.25) is 0 Å². The number of thiophene rings is 1. The molecule has 1 atom stereocenters. The van der Waals surface area contributed by atoms with Gasteiger partial charge in [-0.3, -0.25) is 0 Å².